The molecule has 108 valence electrons. The summed E-state index contributed by atoms with van der Waals surface area (Å²) >= 11 is 0. The average Bonchev–Trinajstić information content (AvgIpc) is 2.48. The van der Waals surface area contributed by atoms with Gasteiger partial charge in [0.05, 0.1) is 0 Å². The fourth-order valence-electron chi connectivity index (χ4n) is 3.18. The van der Waals surface area contributed by atoms with Crippen LogP contribution in [0, 0.1) is 5.92 Å². The molecule has 0 aromatic carbocycles. The lowest BCUT2D eigenvalue weighted by Crippen LogP contribution is -2.47. The van der Waals surface area contributed by atoms with Crippen LogP contribution < -0.4 is 5.32 Å². The summed E-state index contributed by atoms with van der Waals surface area (Å²) in [6.45, 7) is 3.49. The predicted molar refractivity (Wildman–Crippen MR) is 74.6 cm³/mol. The van der Waals surface area contributed by atoms with E-state index in [1.807, 2.05) is 11.8 Å². The van der Waals surface area contributed by atoms with Crippen LogP contribution in [0.1, 0.15) is 58.3 Å². The van der Waals surface area contributed by atoms with Crippen molar-refractivity contribution in [2.45, 2.75) is 64.3 Å². The largest absolute Gasteiger partial charge is 0.353 e. The van der Waals surface area contributed by atoms with Gasteiger partial charge in [0.15, 0.2) is 0 Å². The van der Waals surface area contributed by atoms with Crippen molar-refractivity contribution in [3.8, 4) is 0 Å². The number of nitrogens with zero attached hydrogens (tertiary/aromatic N) is 1. The molecule has 1 aliphatic carbocycles. The van der Waals surface area contributed by atoms with Crippen LogP contribution in [0.15, 0.2) is 0 Å². The summed E-state index contributed by atoms with van der Waals surface area (Å²) in [6, 6.07) is 0.273. The molecule has 4 nitrogen and oxygen atoms in total. The minimum atomic E-state index is 0.233. The number of hydrogen-bond donors (Lipinski definition) is 1. The molecule has 0 radical (unpaired) electrons. The quantitative estimate of drug-likeness (QED) is 0.850. The second-order valence-corrected chi connectivity index (χ2v) is 5.85. The topological polar surface area (TPSA) is 49.4 Å². The normalized spacial score (nSPS) is 22.3. The minimum Gasteiger partial charge on any atom is -0.353 e. The molecule has 1 N–H and O–H groups in total. The first-order chi connectivity index (χ1) is 9.20. The van der Waals surface area contributed by atoms with E-state index in [0.717, 1.165) is 38.8 Å². The smallest absolute Gasteiger partial charge is 0.223 e. The first-order valence-electron chi connectivity index (χ1n) is 7.79. The van der Waals surface area contributed by atoms with Crippen molar-refractivity contribution in [1.82, 2.24) is 10.2 Å². The molecule has 0 bridgehead atoms. The first kappa shape index (κ1) is 14.4. The predicted octanol–water partition coefficient (Wildman–Crippen LogP) is 2.08. The van der Waals surface area contributed by atoms with Crippen molar-refractivity contribution in [3.63, 3.8) is 0 Å². The molecule has 0 atom stereocenters. The van der Waals surface area contributed by atoms with Gasteiger partial charge in [0, 0.05) is 31.5 Å². The zero-order valence-electron chi connectivity index (χ0n) is 12.0. The van der Waals surface area contributed by atoms with Crippen molar-refractivity contribution < 1.29 is 9.59 Å². The molecule has 0 aromatic heterocycles. The molecule has 2 amide bonds. The zero-order valence-corrected chi connectivity index (χ0v) is 12.0. The van der Waals surface area contributed by atoms with E-state index in [2.05, 4.69) is 5.32 Å². The summed E-state index contributed by atoms with van der Waals surface area (Å²) in [5.41, 5.74) is 0. The van der Waals surface area contributed by atoms with Crippen LogP contribution >= 0.6 is 0 Å². The van der Waals surface area contributed by atoms with Gasteiger partial charge < -0.3 is 10.2 Å². The Hall–Kier alpha value is -1.06. The van der Waals surface area contributed by atoms with Gasteiger partial charge in [-0.05, 0) is 25.7 Å². The van der Waals surface area contributed by atoms with Crippen LogP contribution in [-0.2, 0) is 9.59 Å². The van der Waals surface area contributed by atoms with Crippen molar-refractivity contribution >= 4 is 11.8 Å². The van der Waals surface area contributed by atoms with E-state index in [1.54, 1.807) is 0 Å². The Morgan fingerprint density at radius 3 is 2.26 bits per heavy atom. The van der Waals surface area contributed by atoms with E-state index < -0.39 is 0 Å². The van der Waals surface area contributed by atoms with Crippen molar-refractivity contribution in [1.29, 1.82) is 0 Å². The Bertz CT molecular complexity index is 316. The molecular formula is C15H26N2O2. The van der Waals surface area contributed by atoms with Gasteiger partial charge in [-0.3, -0.25) is 9.59 Å². The Morgan fingerprint density at radius 2 is 1.68 bits per heavy atom. The average molecular weight is 266 g/mol. The molecule has 1 heterocycles. The maximum absolute atomic E-state index is 12.1. The van der Waals surface area contributed by atoms with Crippen LogP contribution in [0.25, 0.3) is 0 Å². The summed E-state index contributed by atoms with van der Waals surface area (Å²) in [5, 5.41) is 3.19. The summed E-state index contributed by atoms with van der Waals surface area (Å²) in [6.07, 6.45) is 8.18. The third kappa shape index (κ3) is 3.95. The summed E-state index contributed by atoms with van der Waals surface area (Å²) in [4.78, 5) is 25.6. The highest BCUT2D eigenvalue weighted by atomic mass is 16.2. The molecule has 0 aromatic rings. The Kier molecular flexibility index (Phi) is 5.23. The third-order valence-corrected chi connectivity index (χ3v) is 4.47. The second kappa shape index (κ2) is 6.92. The number of carbonyl (C=O) groups is 2. The molecular weight excluding hydrogens is 240 g/mol. The fraction of sp³-hybridized carbons (Fsp3) is 0.867. The maximum atomic E-state index is 12.1. The van der Waals surface area contributed by atoms with E-state index >= 15 is 0 Å². The van der Waals surface area contributed by atoms with E-state index in [0.29, 0.717) is 6.42 Å². The van der Waals surface area contributed by atoms with Gasteiger partial charge in [-0.2, -0.15) is 0 Å². The number of amides is 2. The molecule has 2 aliphatic rings. The molecule has 1 saturated carbocycles. The standard InChI is InChI=1S/C15H26N2O2/c1-2-14(18)17-10-8-13(9-11-17)16-15(19)12-6-4-3-5-7-12/h12-13H,2-11H2,1H3,(H,16,19). The van der Waals surface area contributed by atoms with E-state index in [-0.39, 0.29) is 23.8 Å². The number of nitrogens with one attached hydrogen (secondary N) is 1. The number of carbonyl (C=O) groups excluding carboxylic acids is 2. The number of piperidine rings is 1. The lowest BCUT2D eigenvalue weighted by atomic mass is 9.88. The zero-order chi connectivity index (χ0) is 13.7. The molecule has 0 spiro atoms. The Morgan fingerprint density at radius 1 is 1.05 bits per heavy atom. The van der Waals surface area contributed by atoms with Gasteiger partial charge in [0.25, 0.3) is 0 Å². The van der Waals surface area contributed by atoms with Gasteiger partial charge in [0.2, 0.25) is 11.8 Å². The highest BCUT2D eigenvalue weighted by Gasteiger charge is 2.26. The Balaban J connectivity index is 1.72. The molecule has 19 heavy (non-hydrogen) atoms. The summed E-state index contributed by atoms with van der Waals surface area (Å²) in [5.74, 6) is 0.723. The molecule has 0 unspecified atom stereocenters. The highest BCUT2D eigenvalue weighted by molar-refractivity contribution is 5.79. The summed E-state index contributed by atoms with van der Waals surface area (Å²) in [7, 11) is 0. The molecule has 2 rings (SSSR count). The molecule has 4 heteroatoms. The highest BCUT2D eigenvalue weighted by Crippen LogP contribution is 2.24. The fourth-order valence-corrected chi connectivity index (χ4v) is 3.18. The van der Waals surface area contributed by atoms with Crippen LogP contribution in [0.2, 0.25) is 0 Å². The lowest BCUT2D eigenvalue weighted by molar-refractivity contribution is -0.132. The number of hydrogen-bond acceptors (Lipinski definition) is 2. The van der Waals surface area contributed by atoms with Crippen LogP contribution in [0.3, 0.4) is 0 Å². The van der Waals surface area contributed by atoms with Gasteiger partial charge in [-0.1, -0.05) is 26.2 Å². The SMILES string of the molecule is CCC(=O)N1CCC(NC(=O)C2CCCCC2)CC1. The first-order valence-corrected chi connectivity index (χ1v) is 7.79. The van der Waals surface area contributed by atoms with Crippen molar-refractivity contribution in [3.05, 3.63) is 0 Å². The van der Waals surface area contributed by atoms with E-state index in [4.69, 9.17) is 0 Å². The van der Waals surface area contributed by atoms with Crippen molar-refractivity contribution in [2.75, 3.05) is 13.1 Å². The number of rotatable bonds is 3. The second-order valence-electron chi connectivity index (χ2n) is 5.85. The van der Waals surface area contributed by atoms with E-state index in [9.17, 15) is 9.59 Å². The van der Waals surface area contributed by atoms with E-state index in [1.165, 1.54) is 19.3 Å². The Labute approximate surface area is 115 Å². The van der Waals surface area contributed by atoms with Crippen molar-refractivity contribution in [2.24, 2.45) is 5.92 Å². The minimum absolute atomic E-state index is 0.233. The van der Waals surface area contributed by atoms with Gasteiger partial charge in [-0.25, -0.2) is 0 Å². The monoisotopic (exact) mass is 266 g/mol. The molecule has 2 fully saturated rings. The lowest BCUT2D eigenvalue weighted by Gasteiger charge is -2.33. The van der Waals surface area contributed by atoms with Gasteiger partial charge in [-0.15, -0.1) is 0 Å². The molecule has 1 aliphatic heterocycles. The maximum Gasteiger partial charge on any atom is 0.223 e. The summed E-state index contributed by atoms with van der Waals surface area (Å²) < 4.78 is 0. The molecule has 1 saturated heterocycles. The van der Waals surface area contributed by atoms with Crippen LogP contribution in [-0.4, -0.2) is 35.8 Å². The third-order valence-electron chi connectivity index (χ3n) is 4.47. The van der Waals surface area contributed by atoms with Crippen LogP contribution in [0.5, 0.6) is 0 Å². The van der Waals surface area contributed by atoms with Gasteiger partial charge >= 0.3 is 0 Å². The van der Waals surface area contributed by atoms with Crippen LogP contribution in [0.4, 0.5) is 0 Å². The number of likely N-dealkylation sites (tertiary alicyclic amines) is 1. The van der Waals surface area contributed by atoms with Gasteiger partial charge in [0.1, 0.15) is 0 Å².